The van der Waals surface area contributed by atoms with Crippen LogP contribution in [0, 0.1) is 19.8 Å². The fraction of sp³-hybridized carbons (Fsp3) is 0.321. The average molecular weight is 458 g/mol. The van der Waals surface area contributed by atoms with Crippen LogP contribution in [-0.4, -0.2) is 46.8 Å². The maximum Gasteiger partial charge on any atom is 0.308 e. The van der Waals surface area contributed by atoms with Crippen LogP contribution < -0.4 is 0 Å². The van der Waals surface area contributed by atoms with Crippen LogP contribution in [0.1, 0.15) is 35.1 Å². The van der Waals surface area contributed by atoms with Crippen molar-refractivity contribution in [2.75, 3.05) is 20.2 Å². The molecule has 6 heteroatoms. The quantitative estimate of drug-likeness (QED) is 0.400. The van der Waals surface area contributed by atoms with Gasteiger partial charge in [0.15, 0.2) is 0 Å². The first-order valence-corrected chi connectivity index (χ1v) is 11.7. The lowest BCUT2D eigenvalue weighted by molar-refractivity contribution is -0.148. The third kappa shape index (κ3) is 5.45. The van der Waals surface area contributed by atoms with Gasteiger partial charge in [-0.1, -0.05) is 42.5 Å². The minimum Gasteiger partial charge on any atom is -0.469 e. The molecule has 0 atom stereocenters. The summed E-state index contributed by atoms with van der Waals surface area (Å²) in [7, 11) is 1.41. The van der Waals surface area contributed by atoms with Crippen LogP contribution in [0.2, 0.25) is 0 Å². The van der Waals surface area contributed by atoms with Crippen molar-refractivity contribution in [2.24, 2.45) is 5.92 Å². The van der Waals surface area contributed by atoms with E-state index in [1.807, 2.05) is 35.2 Å². The van der Waals surface area contributed by atoms with Gasteiger partial charge in [-0.05, 0) is 55.5 Å². The maximum atomic E-state index is 12.9. The molecule has 1 amide bonds. The summed E-state index contributed by atoms with van der Waals surface area (Å²) in [6.45, 7) is 5.95. The summed E-state index contributed by atoms with van der Waals surface area (Å²) < 4.78 is 6.76. The number of hydrogen-bond acceptors (Lipinski definition) is 4. The molecule has 1 fully saturated rings. The van der Waals surface area contributed by atoms with Crippen molar-refractivity contribution < 1.29 is 14.3 Å². The number of benzene rings is 2. The Hall–Kier alpha value is -3.67. The molecule has 0 saturated carbocycles. The number of hydrogen-bond donors (Lipinski definition) is 0. The van der Waals surface area contributed by atoms with Crippen molar-refractivity contribution in [3.05, 3.63) is 83.1 Å². The lowest BCUT2D eigenvalue weighted by Gasteiger charge is -2.29. The Morgan fingerprint density at radius 1 is 1.06 bits per heavy atom. The van der Waals surface area contributed by atoms with E-state index in [1.54, 1.807) is 11.0 Å². The zero-order valence-corrected chi connectivity index (χ0v) is 20.0. The monoisotopic (exact) mass is 457 g/mol. The Balaban J connectivity index is 1.55. The normalized spacial score (nSPS) is 14.5. The molecule has 0 bridgehead atoms. The molecule has 0 radical (unpaired) electrons. The molecule has 1 saturated heterocycles. The Bertz CT molecular complexity index is 1190. The van der Waals surface area contributed by atoms with Gasteiger partial charge in [-0.2, -0.15) is 5.10 Å². The van der Waals surface area contributed by atoms with Crippen molar-refractivity contribution in [3.8, 4) is 11.3 Å². The van der Waals surface area contributed by atoms with Crippen molar-refractivity contribution in [1.82, 2.24) is 14.7 Å². The summed E-state index contributed by atoms with van der Waals surface area (Å²) in [6, 6.07) is 16.5. The maximum absolute atomic E-state index is 12.9. The van der Waals surface area contributed by atoms with Gasteiger partial charge in [0.05, 0.1) is 25.3 Å². The summed E-state index contributed by atoms with van der Waals surface area (Å²) in [5.74, 6) is -0.359. The average Bonchev–Trinajstić information content (AvgIpc) is 3.26. The number of aromatic nitrogens is 2. The van der Waals surface area contributed by atoms with Gasteiger partial charge in [-0.3, -0.25) is 14.3 Å². The van der Waals surface area contributed by atoms with E-state index in [1.165, 1.54) is 18.2 Å². The first-order chi connectivity index (χ1) is 16.4. The number of likely N-dealkylation sites (tertiary alicyclic amines) is 1. The number of ether oxygens (including phenoxy) is 1. The molecule has 1 aromatic heterocycles. The van der Waals surface area contributed by atoms with Gasteiger partial charge in [0, 0.05) is 36.5 Å². The Kier molecular flexibility index (Phi) is 7.26. The van der Waals surface area contributed by atoms with Gasteiger partial charge in [0.2, 0.25) is 5.91 Å². The molecule has 176 valence electrons. The van der Waals surface area contributed by atoms with Crippen LogP contribution in [0.3, 0.4) is 0 Å². The second-order valence-corrected chi connectivity index (χ2v) is 8.87. The number of esters is 1. The second kappa shape index (κ2) is 10.5. The fourth-order valence-corrected chi connectivity index (χ4v) is 4.29. The van der Waals surface area contributed by atoms with E-state index < -0.39 is 0 Å². The Morgan fingerprint density at radius 2 is 1.79 bits per heavy atom. The predicted molar refractivity (Wildman–Crippen MR) is 133 cm³/mol. The van der Waals surface area contributed by atoms with Crippen molar-refractivity contribution in [3.63, 3.8) is 0 Å². The van der Waals surface area contributed by atoms with Gasteiger partial charge >= 0.3 is 5.97 Å². The molecule has 4 rings (SSSR count). The Morgan fingerprint density at radius 3 is 2.47 bits per heavy atom. The lowest BCUT2D eigenvalue weighted by Crippen LogP contribution is -2.39. The first-order valence-electron chi connectivity index (χ1n) is 11.7. The van der Waals surface area contributed by atoms with Crippen LogP contribution in [0.25, 0.3) is 17.3 Å². The zero-order valence-electron chi connectivity index (χ0n) is 20.0. The molecule has 2 aromatic carbocycles. The largest absolute Gasteiger partial charge is 0.469 e. The molecular formula is C28H31N3O3. The molecule has 0 spiro atoms. The van der Waals surface area contributed by atoms with E-state index >= 15 is 0 Å². The van der Waals surface area contributed by atoms with E-state index in [4.69, 9.17) is 9.84 Å². The van der Waals surface area contributed by atoms with Crippen LogP contribution >= 0.6 is 0 Å². The van der Waals surface area contributed by atoms with Crippen molar-refractivity contribution in [1.29, 1.82) is 0 Å². The van der Waals surface area contributed by atoms with E-state index in [0.717, 1.165) is 22.4 Å². The summed E-state index contributed by atoms with van der Waals surface area (Å²) in [5, 5.41) is 4.86. The summed E-state index contributed by atoms with van der Waals surface area (Å²) in [5.41, 5.74) is 6.38. The first kappa shape index (κ1) is 23.5. The summed E-state index contributed by atoms with van der Waals surface area (Å²) in [4.78, 5) is 26.4. The molecule has 0 aliphatic carbocycles. The number of amides is 1. The number of piperidine rings is 1. The van der Waals surface area contributed by atoms with Crippen LogP contribution in [-0.2, 0) is 20.9 Å². The molecule has 1 aliphatic rings. The van der Waals surface area contributed by atoms with Gasteiger partial charge in [0.1, 0.15) is 0 Å². The van der Waals surface area contributed by atoms with E-state index in [-0.39, 0.29) is 17.8 Å². The summed E-state index contributed by atoms with van der Waals surface area (Å²) in [6.07, 6.45) is 6.73. The predicted octanol–water partition coefficient (Wildman–Crippen LogP) is 4.64. The number of nitrogens with zero attached hydrogens (tertiary/aromatic N) is 3. The second-order valence-electron chi connectivity index (χ2n) is 8.87. The highest BCUT2D eigenvalue weighted by Gasteiger charge is 2.27. The minimum absolute atomic E-state index is 0.0508. The van der Waals surface area contributed by atoms with Crippen LogP contribution in [0.5, 0.6) is 0 Å². The van der Waals surface area contributed by atoms with Crippen molar-refractivity contribution >= 4 is 18.0 Å². The standard InChI is InChI=1S/C28H31N3O3/c1-20-9-10-24(17-21(20)2)27-25(19-31(29-27)18-22-7-5-4-6-8-22)11-12-26(32)30-15-13-23(14-16-30)28(33)34-3/h4-12,17,19,23H,13-16,18H2,1-3H3. The van der Waals surface area contributed by atoms with Gasteiger partial charge in [-0.25, -0.2) is 0 Å². The molecule has 34 heavy (non-hydrogen) atoms. The van der Waals surface area contributed by atoms with Crippen LogP contribution in [0.15, 0.2) is 60.8 Å². The third-order valence-electron chi connectivity index (χ3n) is 6.50. The van der Waals surface area contributed by atoms with E-state index in [2.05, 4.69) is 44.2 Å². The number of carbonyl (C=O) groups excluding carboxylic acids is 2. The highest BCUT2D eigenvalue weighted by molar-refractivity contribution is 5.93. The molecule has 0 unspecified atom stereocenters. The van der Waals surface area contributed by atoms with Gasteiger partial charge in [0.25, 0.3) is 0 Å². The van der Waals surface area contributed by atoms with Crippen molar-refractivity contribution in [2.45, 2.75) is 33.2 Å². The number of carbonyl (C=O) groups is 2. The zero-order chi connectivity index (χ0) is 24.1. The topological polar surface area (TPSA) is 64.4 Å². The summed E-state index contributed by atoms with van der Waals surface area (Å²) >= 11 is 0. The number of rotatable bonds is 6. The minimum atomic E-state index is -0.188. The van der Waals surface area contributed by atoms with E-state index in [0.29, 0.717) is 32.5 Å². The van der Waals surface area contributed by atoms with Gasteiger partial charge in [-0.15, -0.1) is 0 Å². The van der Waals surface area contributed by atoms with E-state index in [9.17, 15) is 9.59 Å². The lowest BCUT2D eigenvalue weighted by atomic mass is 9.97. The SMILES string of the molecule is COC(=O)C1CCN(C(=O)C=Cc2cn(Cc3ccccc3)nc2-c2ccc(C)c(C)c2)CC1. The molecule has 2 heterocycles. The Labute approximate surface area is 200 Å². The highest BCUT2D eigenvalue weighted by atomic mass is 16.5. The smallest absolute Gasteiger partial charge is 0.308 e. The van der Waals surface area contributed by atoms with Gasteiger partial charge < -0.3 is 9.64 Å². The molecule has 3 aromatic rings. The third-order valence-corrected chi connectivity index (χ3v) is 6.50. The number of methoxy groups -OCH3 is 1. The molecule has 1 aliphatic heterocycles. The number of aryl methyl sites for hydroxylation is 2. The highest BCUT2D eigenvalue weighted by Crippen LogP contribution is 2.26. The molecular weight excluding hydrogens is 426 g/mol. The van der Waals surface area contributed by atoms with Crippen LogP contribution in [0.4, 0.5) is 0 Å². The molecule has 6 nitrogen and oxygen atoms in total. The molecule has 0 N–H and O–H groups in total. The fourth-order valence-electron chi connectivity index (χ4n) is 4.29.